The smallest absolute Gasteiger partial charge is 0.113 e. The molecule has 0 saturated heterocycles. The van der Waals surface area contributed by atoms with E-state index in [1.165, 1.54) is 11.1 Å². The lowest BCUT2D eigenvalue weighted by Crippen LogP contribution is -1.97. The maximum absolute atomic E-state index is 10.3. The number of halogens is 1. The molecule has 0 aliphatic carbocycles. The molecule has 0 amide bonds. The predicted octanol–water partition coefficient (Wildman–Crippen LogP) is 4.85. The van der Waals surface area contributed by atoms with E-state index in [9.17, 15) is 5.11 Å². The van der Waals surface area contributed by atoms with Gasteiger partial charge >= 0.3 is 0 Å². The van der Waals surface area contributed by atoms with Gasteiger partial charge in [-0.3, -0.25) is 0 Å². The summed E-state index contributed by atoms with van der Waals surface area (Å²) in [5.74, 6) is 0. The van der Waals surface area contributed by atoms with Crippen molar-refractivity contribution in [3.05, 3.63) is 55.7 Å². The van der Waals surface area contributed by atoms with E-state index < -0.39 is 6.10 Å². The van der Waals surface area contributed by atoms with Crippen LogP contribution in [-0.4, -0.2) is 5.11 Å². The van der Waals surface area contributed by atoms with Crippen LogP contribution in [0, 0.1) is 6.92 Å². The van der Waals surface area contributed by atoms with Crippen LogP contribution in [0.1, 0.15) is 41.0 Å². The van der Waals surface area contributed by atoms with Gasteiger partial charge in [0.05, 0.1) is 3.79 Å². The second kappa shape index (κ2) is 6.00. The molecule has 1 nitrogen and oxygen atoms in total. The molecule has 2 rings (SSSR count). The topological polar surface area (TPSA) is 20.2 Å². The third-order valence-electron chi connectivity index (χ3n) is 2.98. The van der Waals surface area contributed by atoms with Crippen LogP contribution in [0.2, 0.25) is 0 Å². The zero-order valence-electron chi connectivity index (χ0n) is 10.6. The second-order valence-corrected chi connectivity index (χ2v) is 6.90. The van der Waals surface area contributed by atoms with Gasteiger partial charge in [-0.2, -0.15) is 0 Å². The molecule has 0 radical (unpaired) electrons. The van der Waals surface area contributed by atoms with Crippen LogP contribution in [0.5, 0.6) is 0 Å². The first-order valence-corrected chi connectivity index (χ1v) is 7.75. The predicted molar refractivity (Wildman–Crippen MR) is 81.3 cm³/mol. The average molecular weight is 325 g/mol. The molecule has 96 valence electrons. The fourth-order valence-electron chi connectivity index (χ4n) is 1.94. The summed E-state index contributed by atoms with van der Waals surface area (Å²) in [7, 11) is 0. The molecule has 3 heteroatoms. The van der Waals surface area contributed by atoms with E-state index in [0.29, 0.717) is 0 Å². The first-order valence-electron chi connectivity index (χ1n) is 6.14. The minimum Gasteiger partial charge on any atom is -0.383 e. The van der Waals surface area contributed by atoms with Crippen LogP contribution in [0.25, 0.3) is 0 Å². The highest BCUT2D eigenvalue weighted by Crippen LogP contribution is 2.34. The minimum absolute atomic E-state index is 0.518. The van der Waals surface area contributed by atoms with Crippen molar-refractivity contribution in [1.29, 1.82) is 0 Å². The van der Waals surface area contributed by atoms with Crippen molar-refractivity contribution in [2.75, 3.05) is 0 Å². The Hall–Kier alpha value is -0.640. The van der Waals surface area contributed by atoms with Gasteiger partial charge in [-0.1, -0.05) is 37.6 Å². The van der Waals surface area contributed by atoms with E-state index in [0.717, 1.165) is 27.1 Å². The van der Waals surface area contributed by atoms with Crippen LogP contribution in [-0.2, 0) is 6.42 Å². The Labute approximate surface area is 121 Å². The molecule has 0 bridgehead atoms. The highest BCUT2D eigenvalue weighted by molar-refractivity contribution is 9.11. The summed E-state index contributed by atoms with van der Waals surface area (Å²) < 4.78 is 1.10. The second-order valence-electron chi connectivity index (χ2n) is 4.50. The Balaban J connectivity index is 2.20. The van der Waals surface area contributed by atoms with Crippen molar-refractivity contribution in [3.63, 3.8) is 0 Å². The van der Waals surface area contributed by atoms with Gasteiger partial charge < -0.3 is 5.11 Å². The van der Waals surface area contributed by atoms with E-state index >= 15 is 0 Å². The molecule has 1 aromatic heterocycles. The monoisotopic (exact) mass is 324 g/mol. The van der Waals surface area contributed by atoms with Crippen LogP contribution in [0.15, 0.2) is 34.1 Å². The van der Waals surface area contributed by atoms with Gasteiger partial charge in [0.25, 0.3) is 0 Å². The lowest BCUT2D eigenvalue weighted by atomic mass is 10.0. The van der Waals surface area contributed by atoms with Crippen molar-refractivity contribution in [2.24, 2.45) is 0 Å². The van der Waals surface area contributed by atoms with Gasteiger partial charge in [0.1, 0.15) is 6.10 Å². The average Bonchev–Trinajstić information content (AvgIpc) is 2.70. The van der Waals surface area contributed by atoms with Gasteiger partial charge in [-0.25, -0.2) is 0 Å². The van der Waals surface area contributed by atoms with E-state index in [4.69, 9.17) is 0 Å². The number of hydrogen-bond donors (Lipinski definition) is 1. The Morgan fingerprint density at radius 3 is 2.44 bits per heavy atom. The van der Waals surface area contributed by atoms with E-state index in [2.05, 4.69) is 35.0 Å². The normalized spacial score (nSPS) is 12.7. The first kappa shape index (κ1) is 13.8. The Kier molecular flexibility index (Phi) is 4.60. The number of aryl methyl sites for hydroxylation is 2. The van der Waals surface area contributed by atoms with E-state index in [-0.39, 0.29) is 0 Å². The summed E-state index contributed by atoms with van der Waals surface area (Å²) in [6, 6.07) is 10.3. The number of aliphatic hydroxyl groups is 1. The molecule has 0 aliphatic heterocycles. The number of thiophene rings is 1. The van der Waals surface area contributed by atoms with E-state index in [1.54, 1.807) is 11.3 Å². The zero-order valence-corrected chi connectivity index (χ0v) is 13.0. The molecule has 2 aromatic rings. The molecule has 1 aromatic carbocycles. The molecule has 1 atom stereocenters. The van der Waals surface area contributed by atoms with Crippen LogP contribution < -0.4 is 0 Å². The van der Waals surface area contributed by atoms with Crippen molar-refractivity contribution in [3.8, 4) is 0 Å². The van der Waals surface area contributed by atoms with Crippen LogP contribution >= 0.6 is 27.3 Å². The van der Waals surface area contributed by atoms with Crippen molar-refractivity contribution < 1.29 is 5.11 Å². The summed E-state index contributed by atoms with van der Waals surface area (Å²) in [6.07, 6.45) is 1.73. The molecule has 1 N–H and O–H groups in total. The summed E-state index contributed by atoms with van der Waals surface area (Å²) >= 11 is 5.09. The third kappa shape index (κ3) is 3.02. The van der Waals surface area contributed by atoms with Gasteiger partial charge in [0, 0.05) is 4.88 Å². The molecule has 1 heterocycles. The molecule has 0 aliphatic rings. The molecule has 0 saturated carbocycles. The molecule has 18 heavy (non-hydrogen) atoms. The van der Waals surface area contributed by atoms with Gasteiger partial charge in [-0.15, -0.1) is 11.3 Å². The molecule has 0 fully saturated rings. The maximum atomic E-state index is 10.3. The fraction of sp³-hybridized carbons (Fsp3) is 0.333. The Bertz CT molecular complexity index is 496. The Morgan fingerprint density at radius 2 is 1.94 bits per heavy atom. The molecular weight excluding hydrogens is 308 g/mol. The summed E-state index contributed by atoms with van der Waals surface area (Å²) in [5, 5.41) is 10.3. The highest BCUT2D eigenvalue weighted by atomic mass is 79.9. The summed E-state index contributed by atoms with van der Waals surface area (Å²) in [6.45, 7) is 4.22. The molecule has 1 unspecified atom stereocenters. The SMILES string of the molecule is CCCc1ccc(C(O)c2cc(C)c(Br)s2)cc1. The van der Waals surface area contributed by atoms with Crippen molar-refractivity contribution in [2.45, 2.75) is 32.8 Å². The summed E-state index contributed by atoms with van der Waals surface area (Å²) in [5.41, 5.74) is 3.47. The maximum Gasteiger partial charge on any atom is 0.113 e. The molecule has 0 spiro atoms. The standard InChI is InChI=1S/C15H17BrOS/c1-3-4-11-5-7-12(8-6-11)14(17)13-9-10(2)15(16)18-13/h5-9,14,17H,3-4H2,1-2H3. The van der Waals surface area contributed by atoms with Gasteiger partial charge in [0.15, 0.2) is 0 Å². The van der Waals surface area contributed by atoms with Crippen LogP contribution in [0.4, 0.5) is 0 Å². The molecular formula is C15H17BrOS. The highest BCUT2D eigenvalue weighted by Gasteiger charge is 2.14. The third-order valence-corrected chi connectivity index (χ3v) is 5.17. The lowest BCUT2D eigenvalue weighted by molar-refractivity contribution is 0.224. The number of hydrogen-bond acceptors (Lipinski definition) is 2. The fourth-order valence-corrected chi connectivity index (χ4v) is 3.52. The van der Waals surface area contributed by atoms with Crippen molar-refractivity contribution in [1.82, 2.24) is 0 Å². The summed E-state index contributed by atoms with van der Waals surface area (Å²) in [4.78, 5) is 0.989. The largest absolute Gasteiger partial charge is 0.383 e. The van der Waals surface area contributed by atoms with Crippen molar-refractivity contribution >= 4 is 27.3 Å². The van der Waals surface area contributed by atoms with Gasteiger partial charge in [-0.05, 0) is 52.0 Å². The Morgan fingerprint density at radius 1 is 1.28 bits per heavy atom. The van der Waals surface area contributed by atoms with E-state index in [1.807, 2.05) is 25.1 Å². The lowest BCUT2D eigenvalue weighted by Gasteiger charge is -2.09. The minimum atomic E-state index is -0.518. The number of aliphatic hydroxyl groups excluding tert-OH is 1. The quantitative estimate of drug-likeness (QED) is 0.852. The number of rotatable bonds is 4. The first-order chi connectivity index (χ1) is 8.61. The zero-order chi connectivity index (χ0) is 13.1. The number of benzene rings is 1. The van der Waals surface area contributed by atoms with Crippen LogP contribution in [0.3, 0.4) is 0 Å². The van der Waals surface area contributed by atoms with Gasteiger partial charge in [0.2, 0.25) is 0 Å².